The van der Waals surface area contributed by atoms with Gasteiger partial charge in [-0.3, -0.25) is 9.59 Å². The molecule has 0 saturated carbocycles. The van der Waals surface area contributed by atoms with E-state index in [1.54, 1.807) is 0 Å². The summed E-state index contributed by atoms with van der Waals surface area (Å²) in [4.78, 5) is 28.0. The number of para-hydroxylation sites is 1. The number of rotatable bonds is 7. The number of nitrogens with one attached hydrogen (secondary N) is 3. The molecule has 0 radical (unpaired) electrons. The number of anilines is 1. The average molecular weight is 412 g/mol. The fraction of sp³-hybridized carbons (Fsp3) is 0.154. The van der Waals surface area contributed by atoms with Crippen LogP contribution in [0.25, 0.3) is 10.9 Å². The van der Waals surface area contributed by atoms with Gasteiger partial charge in [0.15, 0.2) is 0 Å². The van der Waals surface area contributed by atoms with Crippen LogP contribution in [0.15, 0.2) is 79.0 Å². The van der Waals surface area contributed by atoms with Gasteiger partial charge < -0.3 is 15.6 Å². The van der Waals surface area contributed by atoms with Crippen LogP contribution in [0.1, 0.15) is 33.5 Å². The van der Waals surface area contributed by atoms with Gasteiger partial charge in [-0.15, -0.1) is 0 Å². The number of fused-ring (bicyclic) bond motifs is 1. The van der Waals surface area contributed by atoms with Gasteiger partial charge in [-0.1, -0.05) is 48.0 Å². The van der Waals surface area contributed by atoms with Crippen molar-refractivity contribution >= 4 is 28.4 Å². The highest BCUT2D eigenvalue weighted by Crippen LogP contribution is 2.19. The molecule has 0 atom stereocenters. The highest BCUT2D eigenvalue weighted by molar-refractivity contribution is 6.04. The van der Waals surface area contributed by atoms with Crippen LogP contribution in [0.5, 0.6) is 0 Å². The lowest BCUT2D eigenvalue weighted by Crippen LogP contribution is -2.23. The summed E-state index contributed by atoms with van der Waals surface area (Å²) in [6.45, 7) is 2.40. The number of aromatic nitrogens is 1. The van der Waals surface area contributed by atoms with Crippen LogP contribution in [0, 0.1) is 6.92 Å². The lowest BCUT2D eigenvalue weighted by molar-refractivity contribution is -0.121. The van der Waals surface area contributed by atoms with E-state index in [9.17, 15) is 9.59 Å². The molecule has 3 aromatic carbocycles. The van der Waals surface area contributed by atoms with E-state index in [1.165, 1.54) is 0 Å². The van der Waals surface area contributed by atoms with Crippen LogP contribution in [0.4, 0.5) is 5.69 Å². The maximum absolute atomic E-state index is 12.4. The normalized spacial score (nSPS) is 10.7. The van der Waals surface area contributed by atoms with E-state index in [0.29, 0.717) is 30.6 Å². The Morgan fingerprint density at radius 2 is 1.74 bits per heavy atom. The number of hydrogen-bond donors (Lipinski definition) is 3. The molecule has 156 valence electrons. The third-order valence-corrected chi connectivity index (χ3v) is 5.28. The zero-order valence-corrected chi connectivity index (χ0v) is 17.4. The molecule has 0 aliphatic rings. The third kappa shape index (κ3) is 5.20. The first-order chi connectivity index (χ1) is 15.1. The topological polar surface area (TPSA) is 74.0 Å². The van der Waals surface area contributed by atoms with Gasteiger partial charge in [0.1, 0.15) is 0 Å². The SMILES string of the molecule is Cc1ccc(C(=O)Nc2cccc(CNC(=O)CCc3c[nH]c4ccccc34)c2)cc1. The summed E-state index contributed by atoms with van der Waals surface area (Å²) in [6.07, 6.45) is 3.08. The minimum Gasteiger partial charge on any atom is -0.361 e. The Labute approximate surface area is 181 Å². The van der Waals surface area contributed by atoms with Gasteiger partial charge in [0, 0.05) is 41.3 Å². The Morgan fingerprint density at radius 3 is 2.58 bits per heavy atom. The zero-order chi connectivity index (χ0) is 21.6. The maximum atomic E-state index is 12.4. The number of hydrogen-bond acceptors (Lipinski definition) is 2. The average Bonchev–Trinajstić information content (AvgIpc) is 3.20. The van der Waals surface area contributed by atoms with Crippen molar-refractivity contribution in [3.8, 4) is 0 Å². The van der Waals surface area contributed by atoms with Crippen LogP contribution in [0.2, 0.25) is 0 Å². The largest absolute Gasteiger partial charge is 0.361 e. The number of carbonyl (C=O) groups excluding carboxylic acids is 2. The van der Waals surface area contributed by atoms with Crippen molar-refractivity contribution in [2.75, 3.05) is 5.32 Å². The molecular weight excluding hydrogens is 386 g/mol. The van der Waals surface area contributed by atoms with Crippen molar-refractivity contribution in [2.45, 2.75) is 26.3 Å². The van der Waals surface area contributed by atoms with E-state index in [-0.39, 0.29) is 11.8 Å². The Bertz CT molecular complexity index is 1210. The van der Waals surface area contributed by atoms with Crippen molar-refractivity contribution in [1.29, 1.82) is 0 Å². The van der Waals surface area contributed by atoms with Crippen molar-refractivity contribution in [3.63, 3.8) is 0 Å². The van der Waals surface area contributed by atoms with Crippen LogP contribution in [-0.2, 0) is 17.8 Å². The Morgan fingerprint density at radius 1 is 0.935 bits per heavy atom. The first-order valence-electron chi connectivity index (χ1n) is 10.4. The number of amides is 2. The molecule has 0 aliphatic heterocycles. The van der Waals surface area contributed by atoms with Crippen LogP contribution in [-0.4, -0.2) is 16.8 Å². The second kappa shape index (κ2) is 9.30. The summed E-state index contributed by atoms with van der Waals surface area (Å²) in [6, 6.07) is 23.1. The fourth-order valence-corrected chi connectivity index (χ4v) is 3.54. The van der Waals surface area contributed by atoms with E-state index >= 15 is 0 Å². The van der Waals surface area contributed by atoms with Crippen molar-refractivity contribution in [2.24, 2.45) is 0 Å². The Kier molecular flexibility index (Phi) is 6.13. The number of H-pyrrole nitrogens is 1. The van der Waals surface area contributed by atoms with Gasteiger partial charge in [0.25, 0.3) is 5.91 Å². The van der Waals surface area contributed by atoms with Gasteiger partial charge in [-0.25, -0.2) is 0 Å². The Balaban J connectivity index is 1.30. The predicted molar refractivity (Wildman–Crippen MR) is 124 cm³/mol. The standard InChI is InChI=1S/C26H25N3O2/c1-18-9-11-20(12-10-18)26(31)29-22-6-4-5-19(15-22)16-28-25(30)14-13-21-17-27-24-8-3-2-7-23(21)24/h2-12,15,17,27H,13-14,16H2,1H3,(H,28,30)(H,29,31). The molecule has 5 heteroatoms. The molecule has 0 unspecified atom stereocenters. The monoisotopic (exact) mass is 411 g/mol. The highest BCUT2D eigenvalue weighted by atomic mass is 16.2. The summed E-state index contributed by atoms with van der Waals surface area (Å²) >= 11 is 0. The first-order valence-corrected chi connectivity index (χ1v) is 10.4. The molecule has 3 N–H and O–H groups in total. The van der Waals surface area contributed by atoms with E-state index in [2.05, 4.69) is 21.7 Å². The minimum absolute atomic E-state index is 0.000579. The molecule has 4 aromatic rings. The fourth-order valence-electron chi connectivity index (χ4n) is 3.54. The van der Waals surface area contributed by atoms with Gasteiger partial charge in [0.05, 0.1) is 0 Å². The Hall–Kier alpha value is -3.86. The van der Waals surface area contributed by atoms with E-state index in [1.807, 2.05) is 79.9 Å². The van der Waals surface area contributed by atoms with Gasteiger partial charge in [0.2, 0.25) is 5.91 Å². The number of aryl methyl sites for hydroxylation is 2. The first kappa shape index (κ1) is 20.4. The van der Waals surface area contributed by atoms with E-state index in [4.69, 9.17) is 0 Å². The third-order valence-electron chi connectivity index (χ3n) is 5.28. The predicted octanol–water partition coefficient (Wildman–Crippen LogP) is 4.98. The molecule has 5 nitrogen and oxygen atoms in total. The second-order valence-corrected chi connectivity index (χ2v) is 7.66. The molecule has 0 aliphatic carbocycles. The second-order valence-electron chi connectivity index (χ2n) is 7.66. The number of aromatic amines is 1. The molecule has 0 saturated heterocycles. The highest BCUT2D eigenvalue weighted by Gasteiger charge is 2.08. The summed E-state index contributed by atoms with van der Waals surface area (Å²) in [5.41, 5.74) is 5.59. The molecular formula is C26H25N3O2. The van der Waals surface area contributed by atoms with Crippen molar-refractivity contribution in [1.82, 2.24) is 10.3 Å². The molecule has 1 heterocycles. The molecule has 2 amide bonds. The van der Waals surface area contributed by atoms with Crippen molar-refractivity contribution in [3.05, 3.63) is 101 Å². The molecule has 4 rings (SSSR count). The van der Waals surface area contributed by atoms with E-state index in [0.717, 1.165) is 27.6 Å². The minimum atomic E-state index is -0.153. The van der Waals surface area contributed by atoms with E-state index < -0.39 is 0 Å². The molecule has 1 aromatic heterocycles. The van der Waals surface area contributed by atoms with Gasteiger partial charge >= 0.3 is 0 Å². The quantitative estimate of drug-likeness (QED) is 0.401. The number of carbonyl (C=O) groups is 2. The lowest BCUT2D eigenvalue weighted by Gasteiger charge is -2.09. The molecule has 0 bridgehead atoms. The summed E-state index contributed by atoms with van der Waals surface area (Å²) < 4.78 is 0. The summed E-state index contributed by atoms with van der Waals surface area (Å²) in [7, 11) is 0. The smallest absolute Gasteiger partial charge is 0.255 e. The summed E-state index contributed by atoms with van der Waals surface area (Å²) in [5.74, 6) is -0.153. The van der Waals surface area contributed by atoms with Gasteiger partial charge in [-0.05, 0) is 54.8 Å². The van der Waals surface area contributed by atoms with Crippen LogP contribution >= 0.6 is 0 Å². The molecule has 0 spiro atoms. The maximum Gasteiger partial charge on any atom is 0.255 e. The summed E-state index contributed by atoms with van der Waals surface area (Å²) in [5, 5.41) is 7.04. The molecule has 0 fully saturated rings. The molecule has 31 heavy (non-hydrogen) atoms. The van der Waals surface area contributed by atoms with Crippen LogP contribution < -0.4 is 10.6 Å². The zero-order valence-electron chi connectivity index (χ0n) is 17.4. The van der Waals surface area contributed by atoms with Gasteiger partial charge in [-0.2, -0.15) is 0 Å². The lowest BCUT2D eigenvalue weighted by atomic mass is 10.1. The van der Waals surface area contributed by atoms with Crippen LogP contribution in [0.3, 0.4) is 0 Å². The van der Waals surface area contributed by atoms with Crippen molar-refractivity contribution < 1.29 is 9.59 Å². The number of benzene rings is 3.